The predicted molar refractivity (Wildman–Crippen MR) is 58.1 cm³/mol. The second-order valence-corrected chi connectivity index (χ2v) is 4.27. The van der Waals surface area contributed by atoms with Crippen LogP contribution in [0.2, 0.25) is 0 Å². The van der Waals surface area contributed by atoms with Gasteiger partial charge in [-0.3, -0.25) is 4.90 Å². The Morgan fingerprint density at radius 3 is 2.31 bits per heavy atom. The second kappa shape index (κ2) is 5.61. The lowest BCUT2D eigenvalue weighted by molar-refractivity contribution is 0.152. The normalized spacial score (nSPS) is 23.1. The average Bonchev–Trinajstić information content (AvgIpc) is 2.03. The van der Waals surface area contributed by atoms with Gasteiger partial charge in [0, 0.05) is 19.1 Å². The molecular formula is C11H24N2. The lowest BCUT2D eigenvalue weighted by atomic mass is 10.2. The Bertz CT molecular complexity index is 134. The minimum absolute atomic E-state index is 0.719. The SMILES string of the molecule is CCN1CCCCN(C(C)C)CC1. The van der Waals surface area contributed by atoms with Crippen molar-refractivity contribution in [2.75, 3.05) is 32.7 Å². The van der Waals surface area contributed by atoms with Crippen molar-refractivity contribution in [2.45, 2.75) is 39.7 Å². The van der Waals surface area contributed by atoms with E-state index in [1.165, 1.54) is 45.6 Å². The van der Waals surface area contributed by atoms with Crippen LogP contribution in [0.25, 0.3) is 0 Å². The van der Waals surface area contributed by atoms with E-state index in [-0.39, 0.29) is 0 Å². The summed E-state index contributed by atoms with van der Waals surface area (Å²) in [6, 6.07) is 0.719. The predicted octanol–water partition coefficient (Wildman–Crippen LogP) is 1.81. The molecule has 0 atom stereocenters. The topological polar surface area (TPSA) is 6.48 Å². The van der Waals surface area contributed by atoms with Crippen LogP contribution in [0.15, 0.2) is 0 Å². The van der Waals surface area contributed by atoms with Crippen molar-refractivity contribution in [3.05, 3.63) is 0 Å². The maximum atomic E-state index is 2.60. The fourth-order valence-electron chi connectivity index (χ4n) is 1.98. The average molecular weight is 184 g/mol. The Kier molecular flexibility index (Phi) is 4.74. The van der Waals surface area contributed by atoms with Crippen molar-refractivity contribution < 1.29 is 0 Å². The largest absolute Gasteiger partial charge is 0.302 e. The standard InChI is InChI=1S/C11H24N2/c1-4-12-7-5-6-8-13(10-9-12)11(2)3/h11H,4-10H2,1-3H3. The molecule has 0 spiro atoms. The van der Waals surface area contributed by atoms with Gasteiger partial charge in [-0.05, 0) is 46.3 Å². The van der Waals surface area contributed by atoms with Gasteiger partial charge in [0.1, 0.15) is 0 Å². The zero-order chi connectivity index (χ0) is 9.68. The molecule has 2 heteroatoms. The van der Waals surface area contributed by atoms with Gasteiger partial charge in [0.25, 0.3) is 0 Å². The molecule has 0 aromatic rings. The third kappa shape index (κ3) is 3.65. The Hall–Kier alpha value is -0.0800. The quantitative estimate of drug-likeness (QED) is 0.646. The van der Waals surface area contributed by atoms with E-state index in [0.29, 0.717) is 0 Å². The van der Waals surface area contributed by atoms with Crippen LogP contribution in [0.3, 0.4) is 0 Å². The van der Waals surface area contributed by atoms with Gasteiger partial charge >= 0.3 is 0 Å². The zero-order valence-electron chi connectivity index (χ0n) is 9.42. The molecule has 1 aliphatic rings. The number of nitrogens with zero attached hydrogens (tertiary/aromatic N) is 2. The molecular weight excluding hydrogens is 160 g/mol. The summed E-state index contributed by atoms with van der Waals surface area (Å²) in [5.74, 6) is 0. The van der Waals surface area contributed by atoms with E-state index >= 15 is 0 Å². The summed E-state index contributed by atoms with van der Waals surface area (Å²) in [4.78, 5) is 5.16. The minimum Gasteiger partial charge on any atom is -0.302 e. The highest BCUT2D eigenvalue weighted by Crippen LogP contribution is 2.06. The lowest BCUT2D eigenvalue weighted by Gasteiger charge is -2.32. The van der Waals surface area contributed by atoms with Crippen molar-refractivity contribution in [2.24, 2.45) is 0 Å². The van der Waals surface area contributed by atoms with E-state index in [9.17, 15) is 0 Å². The lowest BCUT2D eigenvalue weighted by Crippen LogP contribution is -2.41. The van der Waals surface area contributed by atoms with Gasteiger partial charge < -0.3 is 4.90 Å². The number of hydrogen-bond acceptors (Lipinski definition) is 2. The molecule has 1 aliphatic heterocycles. The van der Waals surface area contributed by atoms with Crippen LogP contribution in [-0.4, -0.2) is 48.6 Å². The highest BCUT2D eigenvalue weighted by atomic mass is 15.2. The van der Waals surface area contributed by atoms with Gasteiger partial charge in [-0.15, -0.1) is 0 Å². The second-order valence-electron chi connectivity index (χ2n) is 4.27. The molecule has 0 amide bonds. The number of hydrogen-bond donors (Lipinski definition) is 0. The van der Waals surface area contributed by atoms with E-state index in [0.717, 1.165) is 6.04 Å². The van der Waals surface area contributed by atoms with E-state index in [2.05, 4.69) is 30.6 Å². The molecule has 0 radical (unpaired) electrons. The molecule has 0 saturated carbocycles. The van der Waals surface area contributed by atoms with Crippen molar-refractivity contribution in [3.8, 4) is 0 Å². The third-order valence-electron chi connectivity index (χ3n) is 3.05. The number of likely N-dealkylation sites (N-methyl/N-ethyl adjacent to an activating group) is 1. The van der Waals surface area contributed by atoms with E-state index in [1.807, 2.05) is 0 Å². The molecule has 0 N–H and O–H groups in total. The van der Waals surface area contributed by atoms with Crippen LogP contribution in [-0.2, 0) is 0 Å². The molecule has 1 rings (SSSR count). The van der Waals surface area contributed by atoms with Gasteiger partial charge in [-0.25, -0.2) is 0 Å². The van der Waals surface area contributed by atoms with E-state index < -0.39 is 0 Å². The summed E-state index contributed by atoms with van der Waals surface area (Å²) in [5.41, 5.74) is 0. The van der Waals surface area contributed by atoms with Crippen molar-refractivity contribution in [3.63, 3.8) is 0 Å². The van der Waals surface area contributed by atoms with Crippen LogP contribution >= 0.6 is 0 Å². The summed E-state index contributed by atoms with van der Waals surface area (Å²) in [6.45, 7) is 13.2. The van der Waals surface area contributed by atoms with E-state index in [4.69, 9.17) is 0 Å². The molecule has 1 heterocycles. The Morgan fingerprint density at radius 2 is 1.69 bits per heavy atom. The summed E-state index contributed by atoms with van der Waals surface area (Å²) in [7, 11) is 0. The third-order valence-corrected chi connectivity index (χ3v) is 3.05. The number of rotatable bonds is 2. The van der Waals surface area contributed by atoms with Gasteiger partial charge in [-0.1, -0.05) is 6.92 Å². The molecule has 1 fully saturated rings. The molecule has 0 aliphatic carbocycles. The highest BCUT2D eigenvalue weighted by Gasteiger charge is 2.13. The maximum Gasteiger partial charge on any atom is 0.0112 e. The van der Waals surface area contributed by atoms with Crippen LogP contribution in [0.1, 0.15) is 33.6 Å². The smallest absolute Gasteiger partial charge is 0.0112 e. The fourth-order valence-corrected chi connectivity index (χ4v) is 1.98. The summed E-state index contributed by atoms with van der Waals surface area (Å²) < 4.78 is 0. The summed E-state index contributed by atoms with van der Waals surface area (Å²) in [6.07, 6.45) is 2.74. The molecule has 0 bridgehead atoms. The molecule has 13 heavy (non-hydrogen) atoms. The first kappa shape index (κ1) is 11.0. The fraction of sp³-hybridized carbons (Fsp3) is 1.00. The Labute approximate surface area is 82.9 Å². The first-order chi connectivity index (χ1) is 6.24. The van der Waals surface area contributed by atoms with Crippen LogP contribution in [0.5, 0.6) is 0 Å². The van der Waals surface area contributed by atoms with Gasteiger partial charge in [0.15, 0.2) is 0 Å². The molecule has 0 aromatic heterocycles. The van der Waals surface area contributed by atoms with Crippen LogP contribution in [0, 0.1) is 0 Å². The minimum atomic E-state index is 0.719. The first-order valence-electron chi connectivity index (χ1n) is 5.70. The summed E-state index contributed by atoms with van der Waals surface area (Å²) in [5, 5.41) is 0. The van der Waals surface area contributed by atoms with Crippen LogP contribution in [0.4, 0.5) is 0 Å². The summed E-state index contributed by atoms with van der Waals surface area (Å²) >= 11 is 0. The first-order valence-corrected chi connectivity index (χ1v) is 5.70. The van der Waals surface area contributed by atoms with Crippen molar-refractivity contribution in [1.82, 2.24) is 9.80 Å². The van der Waals surface area contributed by atoms with E-state index in [1.54, 1.807) is 0 Å². The van der Waals surface area contributed by atoms with Crippen molar-refractivity contribution >= 4 is 0 Å². The Morgan fingerprint density at radius 1 is 1.00 bits per heavy atom. The molecule has 0 unspecified atom stereocenters. The maximum absolute atomic E-state index is 2.60. The van der Waals surface area contributed by atoms with Gasteiger partial charge in [0.2, 0.25) is 0 Å². The zero-order valence-corrected chi connectivity index (χ0v) is 9.42. The van der Waals surface area contributed by atoms with Gasteiger partial charge in [0.05, 0.1) is 0 Å². The Balaban J connectivity index is 2.35. The molecule has 1 saturated heterocycles. The molecule has 78 valence electrons. The highest BCUT2D eigenvalue weighted by molar-refractivity contribution is 4.69. The van der Waals surface area contributed by atoms with Crippen molar-refractivity contribution in [1.29, 1.82) is 0 Å². The monoisotopic (exact) mass is 184 g/mol. The molecule has 0 aromatic carbocycles. The van der Waals surface area contributed by atoms with Crippen LogP contribution < -0.4 is 0 Å². The van der Waals surface area contributed by atoms with Gasteiger partial charge in [-0.2, -0.15) is 0 Å². The molecule has 2 nitrogen and oxygen atoms in total.